The van der Waals surface area contributed by atoms with Crippen LogP contribution in [0.2, 0.25) is 5.02 Å². The number of rotatable bonds is 8. The van der Waals surface area contributed by atoms with Crippen molar-refractivity contribution in [2.45, 2.75) is 36.6 Å². The summed E-state index contributed by atoms with van der Waals surface area (Å²) in [5.74, 6) is 1.09. The van der Waals surface area contributed by atoms with Crippen LogP contribution in [-0.2, 0) is 0 Å². The van der Waals surface area contributed by atoms with E-state index in [9.17, 15) is 5.11 Å². The van der Waals surface area contributed by atoms with Gasteiger partial charge in [-0.2, -0.15) is 0 Å². The molecule has 0 radical (unpaired) electrons. The number of aliphatic hydroxyl groups is 1. The maximum Gasteiger partial charge on any atom is 0.0610 e. The van der Waals surface area contributed by atoms with Crippen molar-refractivity contribution in [3.8, 4) is 0 Å². The van der Waals surface area contributed by atoms with Gasteiger partial charge in [-0.15, -0.1) is 11.8 Å². The highest BCUT2D eigenvalue weighted by atomic mass is 35.5. The monoisotopic (exact) mass is 287 g/mol. The van der Waals surface area contributed by atoms with E-state index in [0.29, 0.717) is 0 Å². The first-order chi connectivity index (χ1) is 8.59. The van der Waals surface area contributed by atoms with Crippen LogP contribution in [0.25, 0.3) is 0 Å². The van der Waals surface area contributed by atoms with Gasteiger partial charge in [0.15, 0.2) is 0 Å². The maximum atomic E-state index is 9.27. The van der Waals surface area contributed by atoms with Crippen molar-refractivity contribution < 1.29 is 5.11 Å². The quantitative estimate of drug-likeness (QED) is 0.566. The topological polar surface area (TPSA) is 32.3 Å². The van der Waals surface area contributed by atoms with Gasteiger partial charge in [0.2, 0.25) is 0 Å². The molecule has 1 rings (SSSR count). The number of thioether (sulfide) groups is 1. The highest BCUT2D eigenvalue weighted by molar-refractivity contribution is 7.99. The van der Waals surface area contributed by atoms with Gasteiger partial charge < -0.3 is 10.4 Å². The van der Waals surface area contributed by atoms with Crippen LogP contribution in [0.3, 0.4) is 0 Å². The molecule has 0 aliphatic carbocycles. The molecule has 18 heavy (non-hydrogen) atoms. The lowest BCUT2D eigenvalue weighted by Gasteiger charge is -2.26. The van der Waals surface area contributed by atoms with Crippen LogP contribution >= 0.6 is 23.4 Å². The second-order valence-corrected chi connectivity index (χ2v) is 6.34. The number of benzene rings is 1. The van der Waals surface area contributed by atoms with E-state index in [1.807, 2.05) is 37.0 Å². The van der Waals surface area contributed by atoms with Crippen molar-refractivity contribution in [1.29, 1.82) is 0 Å². The zero-order chi connectivity index (χ0) is 13.4. The van der Waals surface area contributed by atoms with Crippen LogP contribution in [0.4, 0.5) is 0 Å². The number of likely N-dealkylation sites (N-methyl/N-ethyl adjacent to an activating group) is 1. The molecule has 0 saturated heterocycles. The summed E-state index contributed by atoms with van der Waals surface area (Å²) >= 11 is 7.77. The minimum Gasteiger partial charge on any atom is -0.394 e. The molecule has 0 amide bonds. The molecule has 0 spiro atoms. The lowest BCUT2D eigenvalue weighted by Crippen LogP contribution is -2.43. The number of halogens is 1. The molecule has 1 aromatic rings. The summed E-state index contributed by atoms with van der Waals surface area (Å²) in [7, 11) is 1.90. The van der Waals surface area contributed by atoms with Crippen molar-refractivity contribution in [3.63, 3.8) is 0 Å². The summed E-state index contributed by atoms with van der Waals surface area (Å²) in [5.41, 5.74) is -0.138. The Morgan fingerprint density at radius 2 is 2.17 bits per heavy atom. The first kappa shape index (κ1) is 15.8. The number of aliphatic hydroxyl groups excluding tert-OH is 1. The van der Waals surface area contributed by atoms with E-state index in [-0.39, 0.29) is 12.1 Å². The Hall–Kier alpha value is -0.220. The molecule has 4 heteroatoms. The Bertz CT molecular complexity index is 355. The van der Waals surface area contributed by atoms with Gasteiger partial charge in [-0.3, -0.25) is 0 Å². The predicted molar refractivity (Wildman–Crippen MR) is 80.6 cm³/mol. The average molecular weight is 288 g/mol. The van der Waals surface area contributed by atoms with Crippen molar-refractivity contribution >= 4 is 23.4 Å². The van der Waals surface area contributed by atoms with E-state index in [4.69, 9.17) is 11.6 Å². The lowest BCUT2D eigenvalue weighted by molar-refractivity contribution is 0.171. The molecule has 0 aliphatic rings. The third-order valence-electron chi connectivity index (χ3n) is 3.14. The van der Waals surface area contributed by atoms with Gasteiger partial charge >= 0.3 is 0 Å². The van der Waals surface area contributed by atoms with E-state index in [2.05, 4.69) is 18.3 Å². The zero-order valence-corrected chi connectivity index (χ0v) is 12.7. The van der Waals surface area contributed by atoms with Crippen LogP contribution in [0.5, 0.6) is 0 Å². The van der Waals surface area contributed by atoms with Crippen molar-refractivity contribution in [1.82, 2.24) is 5.32 Å². The van der Waals surface area contributed by atoms with Crippen LogP contribution in [0, 0.1) is 0 Å². The molecule has 1 atom stereocenters. The molecule has 2 nitrogen and oxygen atoms in total. The van der Waals surface area contributed by atoms with Gasteiger partial charge in [-0.05, 0) is 50.8 Å². The average Bonchev–Trinajstić information content (AvgIpc) is 2.38. The Morgan fingerprint density at radius 3 is 2.78 bits per heavy atom. The first-order valence-corrected chi connectivity index (χ1v) is 7.64. The second kappa shape index (κ2) is 8.05. The number of nitrogens with one attached hydrogen (secondary N) is 1. The normalized spacial score (nSPS) is 14.4. The summed E-state index contributed by atoms with van der Waals surface area (Å²) in [6, 6.07) is 7.96. The Labute approximate surface area is 119 Å². The smallest absolute Gasteiger partial charge is 0.0610 e. The third-order valence-corrected chi connectivity index (χ3v) is 4.46. The zero-order valence-electron chi connectivity index (χ0n) is 11.1. The van der Waals surface area contributed by atoms with Gasteiger partial charge in [-0.25, -0.2) is 0 Å². The Morgan fingerprint density at radius 1 is 1.39 bits per heavy atom. The van der Waals surface area contributed by atoms with Gasteiger partial charge in [0.1, 0.15) is 0 Å². The molecule has 2 N–H and O–H groups in total. The molecule has 0 saturated carbocycles. The lowest BCUT2D eigenvalue weighted by atomic mass is 9.96. The minimum absolute atomic E-state index is 0.138. The van der Waals surface area contributed by atoms with Crippen LogP contribution in [-0.4, -0.2) is 30.1 Å². The van der Waals surface area contributed by atoms with Gasteiger partial charge in [-0.1, -0.05) is 24.1 Å². The summed E-state index contributed by atoms with van der Waals surface area (Å²) in [6.45, 7) is 2.24. The molecule has 0 aromatic heterocycles. The minimum atomic E-state index is -0.138. The number of hydrogen-bond donors (Lipinski definition) is 2. The summed E-state index contributed by atoms with van der Waals surface area (Å²) in [4.78, 5) is 1.22. The molecule has 0 aliphatic heterocycles. The summed E-state index contributed by atoms with van der Waals surface area (Å²) in [5, 5.41) is 13.2. The maximum absolute atomic E-state index is 9.27. The second-order valence-electron chi connectivity index (χ2n) is 4.73. The predicted octanol–water partition coefficient (Wildman–Crippen LogP) is 3.57. The first-order valence-electron chi connectivity index (χ1n) is 6.28. The van der Waals surface area contributed by atoms with Crippen LogP contribution < -0.4 is 5.32 Å². The van der Waals surface area contributed by atoms with E-state index in [0.717, 1.165) is 30.0 Å². The van der Waals surface area contributed by atoms with Crippen LogP contribution in [0.1, 0.15) is 26.2 Å². The summed E-state index contributed by atoms with van der Waals surface area (Å²) in [6.07, 6.45) is 3.26. The van der Waals surface area contributed by atoms with Gasteiger partial charge in [0.25, 0.3) is 0 Å². The standard InChI is InChI=1S/C14H22ClNOS/c1-14(11-17,16-2)8-3-4-9-18-13-7-5-6-12(15)10-13/h5-7,10,16-17H,3-4,8-9,11H2,1-2H3. The highest BCUT2D eigenvalue weighted by Gasteiger charge is 2.19. The molecule has 1 unspecified atom stereocenters. The molecule has 0 heterocycles. The van der Waals surface area contributed by atoms with Crippen molar-refractivity contribution in [2.75, 3.05) is 19.4 Å². The fraction of sp³-hybridized carbons (Fsp3) is 0.571. The van der Waals surface area contributed by atoms with E-state index < -0.39 is 0 Å². The van der Waals surface area contributed by atoms with Crippen molar-refractivity contribution in [3.05, 3.63) is 29.3 Å². The fourth-order valence-corrected chi connectivity index (χ4v) is 2.87. The molecule has 0 fully saturated rings. The molecular formula is C14H22ClNOS. The summed E-state index contributed by atoms with van der Waals surface area (Å²) < 4.78 is 0. The molecule has 0 bridgehead atoms. The number of unbranched alkanes of at least 4 members (excludes halogenated alkanes) is 1. The molecule has 102 valence electrons. The Balaban J connectivity index is 2.19. The van der Waals surface area contributed by atoms with Gasteiger partial charge in [0, 0.05) is 15.5 Å². The van der Waals surface area contributed by atoms with E-state index in [1.165, 1.54) is 4.90 Å². The third kappa shape index (κ3) is 5.61. The van der Waals surface area contributed by atoms with E-state index in [1.54, 1.807) is 0 Å². The SMILES string of the molecule is CNC(C)(CO)CCCCSc1cccc(Cl)c1. The van der Waals surface area contributed by atoms with E-state index >= 15 is 0 Å². The van der Waals surface area contributed by atoms with Crippen LogP contribution in [0.15, 0.2) is 29.2 Å². The fourth-order valence-electron chi connectivity index (χ4n) is 1.65. The number of hydrogen-bond acceptors (Lipinski definition) is 3. The van der Waals surface area contributed by atoms with Crippen molar-refractivity contribution in [2.24, 2.45) is 0 Å². The largest absolute Gasteiger partial charge is 0.394 e. The molecular weight excluding hydrogens is 266 g/mol. The highest BCUT2D eigenvalue weighted by Crippen LogP contribution is 2.23. The Kier molecular flexibility index (Phi) is 7.08. The van der Waals surface area contributed by atoms with Gasteiger partial charge in [0.05, 0.1) is 6.61 Å². The molecule has 1 aromatic carbocycles.